The predicted molar refractivity (Wildman–Crippen MR) is 125 cm³/mol. The van der Waals surface area contributed by atoms with Gasteiger partial charge in [-0.05, 0) is 64.0 Å². The van der Waals surface area contributed by atoms with Crippen molar-refractivity contribution in [2.75, 3.05) is 31.7 Å². The number of aromatic nitrogens is 2. The quantitative estimate of drug-likeness (QED) is 0.680. The molecule has 8 nitrogen and oxygen atoms in total. The van der Waals surface area contributed by atoms with Crippen molar-refractivity contribution in [2.24, 2.45) is 0 Å². The molecule has 0 spiro atoms. The van der Waals surface area contributed by atoms with Crippen LogP contribution in [0.4, 0.5) is 10.5 Å². The highest BCUT2D eigenvalue weighted by Gasteiger charge is 2.33. The van der Waals surface area contributed by atoms with Crippen LogP contribution < -0.4 is 9.64 Å². The third-order valence-electron chi connectivity index (χ3n) is 7.00. The zero-order valence-corrected chi connectivity index (χ0v) is 19.5. The molecule has 0 unspecified atom stereocenters. The lowest BCUT2D eigenvalue weighted by Gasteiger charge is -2.35. The van der Waals surface area contributed by atoms with Crippen molar-refractivity contribution in [2.45, 2.75) is 64.0 Å². The van der Waals surface area contributed by atoms with Crippen molar-refractivity contribution >= 4 is 17.7 Å². The topological polar surface area (TPSA) is 76.9 Å². The number of amides is 2. The van der Waals surface area contributed by atoms with Crippen LogP contribution in [-0.2, 0) is 16.0 Å². The van der Waals surface area contributed by atoms with E-state index in [0.29, 0.717) is 11.8 Å². The molecule has 176 valence electrons. The molecule has 5 rings (SSSR count). The molecule has 0 radical (unpaired) electrons. The van der Waals surface area contributed by atoms with E-state index in [2.05, 4.69) is 11.3 Å². The minimum atomic E-state index is -0.381. The molecule has 1 aliphatic carbocycles. The number of fused-ring (bicyclic) bond motifs is 1. The summed E-state index contributed by atoms with van der Waals surface area (Å²) in [6.07, 6.45) is 10.7. The molecule has 1 atom stereocenters. The van der Waals surface area contributed by atoms with Gasteiger partial charge in [0.2, 0.25) is 0 Å². The number of methoxy groups -OCH3 is 1. The molecule has 3 aliphatic rings. The Morgan fingerprint density at radius 2 is 1.91 bits per heavy atom. The highest BCUT2D eigenvalue weighted by atomic mass is 16.5. The standard InChI is InChI=1S/C25H32N4O4/c1-17-6-9-21-22(29(17)25(31)32-2)11-10-20(18-14-26-28(15-18)19-7-8-19)24(21)33-16-23(30)27-12-4-3-5-13-27/h10-11,14-15,17,19H,3-9,12-13,16H2,1-2H3/t17-/m0/s1. The average Bonchev–Trinajstić information content (AvgIpc) is 3.58. The Kier molecular flexibility index (Phi) is 6.00. The molecule has 1 saturated heterocycles. The van der Waals surface area contributed by atoms with E-state index >= 15 is 0 Å². The Morgan fingerprint density at radius 1 is 1.12 bits per heavy atom. The van der Waals surface area contributed by atoms with Gasteiger partial charge in [0.15, 0.2) is 6.61 Å². The van der Waals surface area contributed by atoms with Crippen LogP contribution in [0.1, 0.15) is 57.1 Å². The molecule has 1 aromatic heterocycles. The van der Waals surface area contributed by atoms with Crippen LogP contribution in [0.2, 0.25) is 0 Å². The SMILES string of the molecule is COC(=O)N1c2ccc(-c3cnn(C4CC4)c3)c(OCC(=O)N3CCCCC3)c2CC[C@@H]1C. The first-order valence-electron chi connectivity index (χ1n) is 12.0. The zero-order valence-electron chi connectivity index (χ0n) is 19.5. The highest BCUT2D eigenvalue weighted by Crippen LogP contribution is 2.44. The van der Waals surface area contributed by atoms with Crippen LogP contribution in [0.3, 0.4) is 0 Å². The number of hydrogen-bond acceptors (Lipinski definition) is 5. The summed E-state index contributed by atoms with van der Waals surface area (Å²) in [6, 6.07) is 4.45. The van der Waals surface area contributed by atoms with Gasteiger partial charge < -0.3 is 14.4 Å². The van der Waals surface area contributed by atoms with E-state index in [0.717, 1.165) is 74.0 Å². The summed E-state index contributed by atoms with van der Waals surface area (Å²) >= 11 is 0. The molecular weight excluding hydrogens is 420 g/mol. The Bertz CT molecular complexity index is 1040. The predicted octanol–water partition coefficient (Wildman–Crippen LogP) is 4.18. The van der Waals surface area contributed by atoms with Crippen LogP contribution in [0.25, 0.3) is 11.1 Å². The number of ether oxygens (including phenoxy) is 2. The summed E-state index contributed by atoms with van der Waals surface area (Å²) in [5.74, 6) is 0.690. The number of carbonyl (C=O) groups is 2. The lowest BCUT2D eigenvalue weighted by atomic mass is 9.92. The van der Waals surface area contributed by atoms with Crippen LogP contribution in [0.15, 0.2) is 24.5 Å². The van der Waals surface area contributed by atoms with E-state index < -0.39 is 0 Å². The van der Waals surface area contributed by atoms with Crippen LogP contribution in [0.5, 0.6) is 5.75 Å². The fourth-order valence-electron chi connectivity index (χ4n) is 4.96. The van der Waals surface area contributed by atoms with Crippen LogP contribution >= 0.6 is 0 Å². The Hall–Kier alpha value is -3.03. The lowest BCUT2D eigenvalue weighted by Crippen LogP contribution is -2.42. The first kappa shape index (κ1) is 21.8. The number of carbonyl (C=O) groups excluding carboxylic acids is 2. The maximum absolute atomic E-state index is 12.9. The summed E-state index contributed by atoms with van der Waals surface area (Å²) in [5.41, 5.74) is 3.61. The van der Waals surface area contributed by atoms with Crippen molar-refractivity contribution in [1.29, 1.82) is 0 Å². The van der Waals surface area contributed by atoms with Gasteiger partial charge in [0.1, 0.15) is 5.75 Å². The number of rotatable bonds is 5. The van der Waals surface area contributed by atoms with E-state index in [4.69, 9.17) is 9.47 Å². The van der Waals surface area contributed by atoms with Crippen LogP contribution in [0, 0.1) is 0 Å². The van der Waals surface area contributed by atoms with Gasteiger partial charge in [-0.2, -0.15) is 5.10 Å². The smallest absolute Gasteiger partial charge is 0.414 e. The van der Waals surface area contributed by atoms with E-state index in [-0.39, 0.29) is 24.6 Å². The van der Waals surface area contributed by atoms with Gasteiger partial charge in [-0.15, -0.1) is 0 Å². The second-order valence-corrected chi connectivity index (χ2v) is 9.34. The Morgan fingerprint density at radius 3 is 2.64 bits per heavy atom. The van der Waals surface area contributed by atoms with E-state index in [9.17, 15) is 9.59 Å². The molecule has 3 heterocycles. The van der Waals surface area contributed by atoms with Crippen molar-refractivity contribution in [3.05, 3.63) is 30.1 Å². The summed E-state index contributed by atoms with van der Waals surface area (Å²) in [4.78, 5) is 29.0. The molecule has 2 fully saturated rings. The second kappa shape index (κ2) is 9.08. The highest BCUT2D eigenvalue weighted by molar-refractivity contribution is 5.92. The van der Waals surface area contributed by atoms with Crippen LogP contribution in [-0.4, -0.2) is 59.5 Å². The summed E-state index contributed by atoms with van der Waals surface area (Å²) < 4.78 is 13.4. The molecular formula is C25H32N4O4. The maximum atomic E-state index is 12.9. The number of benzene rings is 1. The monoisotopic (exact) mass is 452 g/mol. The first-order chi connectivity index (χ1) is 16.1. The van der Waals surface area contributed by atoms with Gasteiger partial charge in [-0.25, -0.2) is 4.79 Å². The van der Waals surface area contributed by atoms with Gasteiger partial charge in [-0.1, -0.05) is 0 Å². The fraction of sp³-hybridized carbons (Fsp3) is 0.560. The fourth-order valence-corrected chi connectivity index (χ4v) is 4.96. The van der Waals surface area contributed by atoms with Crippen molar-refractivity contribution in [3.8, 4) is 16.9 Å². The molecule has 1 saturated carbocycles. The number of likely N-dealkylation sites (tertiary alicyclic amines) is 1. The van der Waals surface area contributed by atoms with E-state index in [1.165, 1.54) is 13.5 Å². The van der Waals surface area contributed by atoms with Gasteiger partial charge in [0.25, 0.3) is 5.91 Å². The van der Waals surface area contributed by atoms with E-state index in [1.807, 2.05) is 34.8 Å². The molecule has 2 amide bonds. The summed E-state index contributed by atoms with van der Waals surface area (Å²) in [6.45, 7) is 3.61. The molecule has 1 aromatic carbocycles. The minimum Gasteiger partial charge on any atom is -0.483 e. The lowest BCUT2D eigenvalue weighted by molar-refractivity contribution is -0.134. The van der Waals surface area contributed by atoms with Gasteiger partial charge >= 0.3 is 6.09 Å². The number of anilines is 1. The molecule has 0 N–H and O–H groups in total. The van der Waals surface area contributed by atoms with E-state index in [1.54, 1.807) is 4.90 Å². The van der Waals surface area contributed by atoms with Crippen molar-refractivity contribution in [1.82, 2.24) is 14.7 Å². The molecule has 2 aliphatic heterocycles. The summed E-state index contributed by atoms with van der Waals surface area (Å²) in [7, 11) is 1.40. The van der Waals surface area contributed by atoms with Crippen molar-refractivity contribution < 1.29 is 19.1 Å². The van der Waals surface area contributed by atoms with Gasteiger partial charge in [0, 0.05) is 42.0 Å². The molecule has 8 heteroatoms. The normalized spacial score (nSPS) is 20.4. The third-order valence-corrected chi connectivity index (χ3v) is 7.00. The van der Waals surface area contributed by atoms with Crippen molar-refractivity contribution in [3.63, 3.8) is 0 Å². The Balaban J connectivity index is 1.50. The minimum absolute atomic E-state index is 0.00596. The van der Waals surface area contributed by atoms with Gasteiger partial charge in [-0.3, -0.25) is 14.4 Å². The zero-order chi connectivity index (χ0) is 22.9. The number of nitrogens with zero attached hydrogens (tertiary/aromatic N) is 4. The Labute approximate surface area is 194 Å². The number of hydrogen-bond donors (Lipinski definition) is 0. The maximum Gasteiger partial charge on any atom is 0.414 e. The molecule has 0 bridgehead atoms. The third kappa shape index (κ3) is 4.30. The molecule has 33 heavy (non-hydrogen) atoms. The number of piperidine rings is 1. The summed E-state index contributed by atoms with van der Waals surface area (Å²) in [5, 5.41) is 4.55. The average molecular weight is 453 g/mol. The van der Waals surface area contributed by atoms with Gasteiger partial charge in [0.05, 0.1) is 25.0 Å². The largest absolute Gasteiger partial charge is 0.483 e. The first-order valence-corrected chi connectivity index (χ1v) is 12.0. The second-order valence-electron chi connectivity index (χ2n) is 9.34. The molecule has 2 aromatic rings.